The molecule has 0 unspecified atom stereocenters. The van der Waals surface area contributed by atoms with E-state index in [0.29, 0.717) is 6.04 Å². The van der Waals surface area contributed by atoms with Crippen molar-refractivity contribution in [1.29, 1.82) is 0 Å². The van der Waals surface area contributed by atoms with E-state index in [-0.39, 0.29) is 0 Å². The lowest BCUT2D eigenvalue weighted by Crippen LogP contribution is -2.21. The zero-order valence-electron chi connectivity index (χ0n) is 11.7. The van der Waals surface area contributed by atoms with Gasteiger partial charge in [0.05, 0.1) is 0 Å². The lowest BCUT2D eigenvalue weighted by Gasteiger charge is -2.12. The number of hydrogen-bond donors (Lipinski definition) is 1. The second kappa shape index (κ2) is 6.36. The molecular formula is C17H20BrN. The van der Waals surface area contributed by atoms with E-state index < -0.39 is 0 Å². The Morgan fingerprint density at radius 3 is 2.42 bits per heavy atom. The maximum atomic E-state index is 3.62. The van der Waals surface area contributed by atoms with Crippen molar-refractivity contribution in [2.75, 3.05) is 0 Å². The summed E-state index contributed by atoms with van der Waals surface area (Å²) in [4.78, 5) is 0. The van der Waals surface area contributed by atoms with Crippen molar-refractivity contribution in [2.45, 2.75) is 33.4 Å². The number of benzene rings is 2. The fourth-order valence-corrected chi connectivity index (χ4v) is 2.64. The molecular weight excluding hydrogens is 298 g/mol. The van der Waals surface area contributed by atoms with E-state index in [2.05, 4.69) is 78.4 Å². The fraction of sp³-hybridized carbons (Fsp3) is 0.294. The first-order chi connectivity index (χ1) is 9.08. The first kappa shape index (κ1) is 14.3. The third-order valence-corrected chi connectivity index (χ3v) is 3.86. The second-order valence-electron chi connectivity index (χ2n) is 5.16. The summed E-state index contributed by atoms with van der Waals surface area (Å²) < 4.78 is 1.14. The third-order valence-electron chi connectivity index (χ3n) is 3.17. The second-order valence-corrected chi connectivity index (χ2v) is 6.02. The molecule has 19 heavy (non-hydrogen) atoms. The zero-order valence-corrected chi connectivity index (χ0v) is 13.3. The van der Waals surface area contributed by atoms with Crippen LogP contribution in [0.2, 0.25) is 0 Å². The Hall–Kier alpha value is -1.12. The van der Waals surface area contributed by atoms with Crippen LogP contribution >= 0.6 is 15.9 Å². The predicted octanol–water partition coefficient (Wildman–Crippen LogP) is 4.92. The van der Waals surface area contributed by atoms with Crippen LogP contribution in [0.15, 0.2) is 46.9 Å². The summed E-state index contributed by atoms with van der Waals surface area (Å²) in [5.74, 6) is 0. The van der Waals surface area contributed by atoms with Crippen LogP contribution in [-0.2, 0) is 6.54 Å². The summed E-state index contributed by atoms with van der Waals surface area (Å²) in [6.45, 7) is 7.44. The van der Waals surface area contributed by atoms with Crippen LogP contribution in [0.5, 0.6) is 0 Å². The number of nitrogens with one attached hydrogen (secondary N) is 1. The van der Waals surface area contributed by atoms with Gasteiger partial charge in [-0.2, -0.15) is 0 Å². The standard InChI is InChI=1S/C17H20BrN/c1-12(2)19-11-14-8-9-15(13(3)10-14)16-6-4-5-7-17(16)18/h4-10,12,19H,11H2,1-3H3. The van der Waals surface area contributed by atoms with Crippen LogP contribution in [0, 0.1) is 6.92 Å². The molecule has 2 aromatic rings. The smallest absolute Gasteiger partial charge is 0.0253 e. The van der Waals surface area contributed by atoms with Crippen LogP contribution in [0.3, 0.4) is 0 Å². The quantitative estimate of drug-likeness (QED) is 0.843. The van der Waals surface area contributed by atoms with Gasteiger partial charge in [-0.05, 0) is 35.2 Å². The highest BCUT2D eigenvalue weighted by molar-refractivity contribution is 9.10. The number of rotatable bonds is 4. The SMILES string of the molecule is Cc1cc(CNC(C)C)ccc1-c1ccccc1Br. The molecule has 2 aromatic carbocycles. The lowest BCUT2D eigenvalue weighted by molar-refractivity contribution is 0.589. The zero-order chi connectivity index (χ0) is 13.8. The van der Waals surface area contributed by atoms with Gasteiger partial charge < -0.3 is 5.32 Å². The van der Waals surface area contributed by atoms with Gasteiger partial charge in [-0.3, -0.25) is 0 Å². The van der Waals surface area contributed by atoms with Crippen LogP contribution in [0.25, 0.3) is 11.1 Å². The number of halogens is 1. The average Bonchev–Trinajstić information content (AvgIpc) is 2.38. The van der Waals surface area contributed by atoms with E-state index >= 15 is 0 Å². The Kier molecular flexibility index (Phi) is 4.78. The molecule has 0 heterocycles. The van der Waals surface area contributed by atoms with Gasteiger partial charge in [-0.15, -0.1) is 0 Å². The molecule has 0 radical (unpaired) electrons. The van der Waals surface area contributed by atoms with Crippen molar-refractivity contribution in [2.24, 2.45) is 0 Å². The van der Waals surface area contributed by atoms with E-state index in [1.54, 1.807) is 0 Å². The van der Waals surface area contributed by atoms with Gasteiger partial charge in [0, 0.05) is 17.1 Å². The van der Waals surface area contributed by atoms with Crippen molar-refractivity contribution in [3.8, 4) is 11.1 Å². The summed E-state index contributed by atoms with van der Waals surface area (Å²) in [7, 11) is 0. The highest BCUT2D eigenvalue weighted by atomic mass is 79.9. The molecule has 1 N–H and O–H groups in total. The average molecular weight is 318 g/mol. The van der Waals surface area contributed by atoms with Gasteiger partial charge in [0.1, 0.15) is 0 Å². The summed E-state index contributed by atoms with van der Waals surface area (Å²) in [5, 5.41) is 3.45. The molecule has 2 heteroatoms. The molecule has 0 aliphatic carbocycles. The van der Waals surface area contributed by atoms with E-state index in [4.69, 9.17) is 0 Å². The molecule has 0 fully saturated rings. The molecule has 0 bridgehead atoms. The minimum atomic E-state index is 0.517. The van der Waals surface area contributed by atoms with E-state index in [9.17, 15) is 0 Å². The molecule has 100 valence electrons. The van der Waals surface area contributed by atoms with E-state index in [0.717, 1.165) is 11.0 Å². The van der Waals surface area contributed by atoms with Gasteiger partial charge in [-0.25, -0.2) is 0 Å². The molecule has 2 rings (SSSR count). The van der Waals surface area contributed by atoms with Crippen LogP contribution in [-0.4, -0.2) is 6.04 Å². The van der Waals surface area contributed by atoms with Crippen molar-refractivity contribution in [3.05, 3.63) is 58.1 Å². The molecule has 0 saturated carbocycles. The van der Waals surface area contributed by atoms with E-state index in [1.807, 2.05) is 6.07 Å². The molecule has 0 atom stereocenters. The van der Waals surface area contributed by atoms with Gasteiger partial charge in [-0.1, -0.05) is 66.2 Å². The maximum Gasteiger partial charge on any atom is 0.0253 e. The first-order valence-electron chi connectivity index (χ1n) is 6.65. The summed E-state index contributed by atoms with van der Waals surface area (Å²) in [5.41, 5.74) is 5.20. The van der Waals surface area contributed by atoms with Crippen molar-refractivity contribution in [3.63, 3.8) is 0 Å². The summed E-state index contributed by atoms with van der Waals surface area (Å²) in [6.07, 6.45) is 0. The van der Waals surface area contributed by atoms with Crippen molar-refractivity contribution >= 4 is 15.9 Å². The minimum Gasteiger partial charge on any atom is -0.310 e. The molecule has 0 spiro atoms. The Bertz CT molecular complexity index is 561. The minimum absolute atomic E-state index is 0.517. The Labute approximate surface area is 124 Å². The molecule has 0 saturated heterocycles. The molecule has 1 nitrogen and oxygen atoms in total. The topological polar surface area (TPSA) is 12.0 Å². The van der Waals surface area contributed by atoms with Crippen LogP contribution < -0.4 is 5.32 Å². The largest absolute Gasteiger partial charge is 0.310 e. The highest BCUT2D eigenvalue weighted by Gasteiger charge is 2.06. The van der Waals surface area contributed by atoms with E-state index in [1.165, 1.54) is 22.3 Å². The monoisotopic (exact) mass is 317 g/mol. The summed E-state index contributed by atoms with van der Waals surface area (Å²) >= 11 is 3.62. The normalized spacial score (nSPS) is 11.0. The Morgan fingerprint density at radius 1 is 1.05 bits per heavy atom. The number of hydrogen-bond acceptors (Lipinski definition) is 1. The van der Waals surface area contributed by atoms with Gasteiger partial charge in [0.15, 0.2) is 0 Å². The van der Waals surface area contributed by atoms with Gasteiger partial charge >= 0.3 is 0 Å². The number of aryl methyl sites for hydroxylation is 1. The van der Waals surface area contributed by atoms with Gasteiger partial charge in [0.2, 0.25) is 0 Å². The van der Waals surface area contributed by atoms with Crippen LogP contribution in [0.4, 0.5) is 0 Å². The molecule has 0 amide bonds. The fourth-order valence-electron chi connectivity index (χ4n) is 2.14. The lowest BCUT2D eigenvalue weighted by atomic mass is 9.98. The molecule has 0 aromatic heterocycles. The van der Waals surface area contributed by atoms with Crippen molar-refractivity contribution in [1.82, 2.24) is 5.32 Å². The Morgan fingerprint density at radius 2 is 1.79 bits per heavy atom. The van der Waals surface area contributed by atoms with Crippen molar-refractivity contribution < 1.29 is 0 Å². The maximum absolute atomic E-state index is 3.62. The van der Waals surface area contributed by atoms with Gasteiger partial charge in [0.25, 0.3) is 0 Å². The Balaban J connectivity index is 2.27. The molecule has 0 aliphatic rings. The predicted molar refractivity (Wildman–Crippen MR) is 86.3 cm³/mol. The third kappa shape index (κ3) is 3.68. The van der Waals surface area contributed by atoms with Crippen LogP contribution in [0.1, 0.15) is 25.0 Å². The highest BCUT2D eigenvalue weighted by Crippen LogP contribution is 2.30. The summed E-state index contributed by atoms with van der Waals surface area (Å²) in [6, 6.07) is 15.6. The molecule has 0 aliphatic heterocycles. The first-order valence-corrected chi connectivity index (χ1v) is 7.45.